The number of carbonyl (C=O) groups excluding carboxylic acids is 1. The Labute approximate surface area is 129 Å². The van der Waals surface area contributed by atoms with Gasteiger partial charge in [-0.25, -0.2) is 4.98 Å². The smallest absolute Gasteiger partial charge is 0.246 e. The number of ether oxygens (including phenoxy) is 1. The van der Waals surface area contributed by atoms with Gasteiger partial charge in [0.15, 0.2) is 0 Å². The van der Waals surface area contributed by atoms with Gasteiger partial charge in [-0.15, -0.1) is 0 Å². The van der Waals surface area contributed by atoms with Crippen molar-refractivity contribution >= 4 is 23.0 Å². The van der Waals surface area contributed by atoms with Crippen LogP contribution < -0.4 is 0 Å². The SMILES string of the molecule is C[C@@H]1CN(C(=O)/C=C/c2cnc3ccccc3n2)C[C@@H](C)O1. The Kier molecular flexibility index (Phi) is 4.15. The second kappa shape index (κ2) is 6.23. The Morgan fingerprint density at radius 3 is 2.64 bits per heavy atom. The van der Waals surface area contributed by atoms with Crippen LogP contribution in [0.1, 0.15) is 19.5 Å². The van der Waals surface area contributed by atoms with Crippen LogP contribution in [0.2, 0.25) is 0 Å². The van der Waals surface area contributed by atoms with E-state index < -0.39 is 0 Å². The van der Waals surface area contributed by atoms with Crippen molar-refractivity contribution < 1.29 is 9.53 Å². The molecule has 1 aromatic heterocycles. The molecule has 2 heterocycles. The molecule has 1 aliphatic heterocycles. The number of nitrogens with zero attached hydrogens (tertiary/aromatic N) is 3. The van der Waals surface area contributed by atoms with Crippen molar-refractivity contribution in [2.24, 2.45) is 0 Å². The summed E-state index contributed by atoms with van der Waals surface area (Å²) in [6.07, 6.45) is 5.09. The summed E-state index contributed by atoms with van der Waals surface area (Å²) in [5, 5.41) is 0. The molecule has 114 valence electrons. The van der Waals surface area contributed by atoms with Gasteiger partial charge in [-0.05, 0) is 32.1 Å². The molecule has 1 fully saturated rings. The van der Waals surface area contributed by atoms with E-state index in [9.17, 15) is 4.79 Å². The van der Waals surface area contributed by atoms with Crippen LogP contribution in [0.3, 0.4) is 0 Å². The molecule has 5 heteroatoms. The van der Waals surface area contributed by atoms with E-state index in [-0.39, 0.29) is 18.1 Å². The Morgan fingerprint density at radius 1 is 1.23 bits per heavy atom. The molecule has 1 aliphatic rings. The zero-order valence-electron chi connectivity index (χ0n) is 12.8. The predicted molar refractivity (Wildman–Crippen MR) is 85.2 cm³/mol. The maximum Gasteiger partial charge on any atom is 0.246 e. The Bertz CT molecular complexity index is 704. The number of amides is 1. The summed E-state index contributed by atoms with van der Waals surface area (Å²) in [7, 11) is 0. The fraction of sp³-hybridized carbons (Fsp3) is 0.353. The maximum atomic E-state index is 12.3. The van der Waals surface area contributed by atoms with Crippen molar-refractivity contribution in [3.63, 3.8) is 0 Å². The molecular formula is C17H19N3O2. The van der Waals surface area contributed by atoms with E-state index in [1.807, 2.05) is 43.0 Å². The predicted octanol–water partition coefficient (Wildman–Crippen LogP) is 2.28. The van der Waals surface area contributed by atoms with Crippen LogP contribution in [-0.2, 0) is 9.53 Å². The number of benzene rings is 1. The van der Waals surface area contributed by atoms with Crippen molar-refractivity contribution in [2.75, 3.05) is 13.1 Å². The maximum absolute atomic E-state index is 12.3. The van der Waals surface area contributed by atoms with Gasteiger partial charge >= 0.3 is 0 Å². The molecule has 0 radical (unpaired) electrons. The minimum absolute atomic E-state index is 0.0167. The van der Waals surface area contributed by atoms with Gasteiger partial charge in [-0.3, -0.25) is 9.78 Å². The number of morpholine rings is 1. The Balaban J connectivity index is 1.73. The molecule has 5 nitrogen and oxygen atoms in total. The van der Waals surface area contributed by atoms with E-state index >= 15 is 0 Å². The first-order valence-corrected chi connectivity index (χ1v) is 7.46. The van der Waals surface area contributed by atoms with Gasteiger partial charge in [0, 0.05) is 19.2 Å². The lowest BCUT2D eigenvalue weighted by molar-refractivity contribution is -0.137. The number of fused-ring (bicyclic) bond motifs is 1. The van der Waals surface area contributed by atoms with Gasteiger partial charge in [0.1, 0.15) is 0 Å². The van der Waals surface area contributed by atoms with Crippen molar-refractivity contribution in [1.29, 1.82) is 0 Å². The second-order valence-corrected chi connectivity index (χ2v) is 5.62. The molecule has 2 atom stereocenters. The van der Waals surface area contributed by atoms with Gasteiger partial charge in [-0.1, -0.05) is 12.1 Å². The van der Waals surface area contributed by atoms with E-state index in [0.29, 0.717) is 18.8 Å². The molecule has 1 saturated heterocycles. The number of aromatic nitrogens is 2. The van der Waals surface area contributed by atoms with Crippen LogP contribution in [0, 0.1) is 0 Å². The lowest BCUT2D eigenvalue weighted by atomic mass is 10.2. The summed E-state index contributed by atoms with van der Waals surface area (Å²) < 4.78 is 5.64. The highest BCUT2D eigenvalue weighted by atomic mass is 16.5. The average molecular weight is 297 g/mol. The summed E-state index contributed by atoms with van der Waals surface area (Å²) in [6, 6.07) is 7.67. The molecule has 0 aliphatic carbocycles. The number of rotatable bonds is 2. The standard InChI is InChI=1S/C17H19N3O2/c1-12-10-20(11-13(2)22-12)17(21)8-7-14-9-18-15-5-3-4-6-16(15)19-14/h3-9,12-13H,10-11H2,1-2H3/b8-7+/t12-,13-/m1/s1. The highest BCUT2D eigenvalue weighted by Crippen LogP contribution is 2.12. The second-order valence-electron chi connectivity index (χ2n) is 5.62. The summed E-state index contributed by atoms with van der Waals surface area (Å²) in [6.45, 7) is 5.21. The molecule has 0 spiro atoms. The first kappa shape index (κ1) is 14.7. The van der Waals surface area contributed by atoms with Gasteiger partial charge in [0.25, 0.3) is 0 Å². The minimum atomic E-state index is -0.0167. The molecule has 1 amide bonds. The number of carbonyl (C=O) groups is 1. The van der Waals surface area contributed by atoms with Crippen LogP contribution in [0.25, 0.3) is 17.1 Å². The molecule has 0 unspecified atom stereocenters. The molecular weight excluding hydrogens is 278 g/mol. The molecule has 22 heavy (non-hydrogen) atoms. The topological polar surface area (TPSA) is 55.3 Å². The lowest BCUT2D eigenvalue weighted by Gasteiger charge is -2.34. The van der Waals surface area contributed by atoms with Crippen molar-refractivity contribution in [2.45, 2.75) is 26.1 Å². The number of hydrogen-bond donors (Lipinski definition) is 0. The van der Waals surface area contributed by atoms with Gasteiger partial charge in [-0.2, -0.15) is 0 Å². The normalized spacial score (nSPS) is 22.4. The first-order chi connectivity index (χ1) is 10.6. The highest BCUT2D eigenvalue weighted by Gasteiger charge is 2.24. The lowest BCUT2D eigenvalue weighted by Crippen LogP contribution is -2.47. The van der Waals surface area contributed by atoms with Crippen molar-refractivity contribution in [3.8, 4) is 0 Å². The molecule has 0 N–H and O–H groups in total. The molecule has 2 aromatic rings. The van der Waals surface area contributed by atoms with Gasteiger partial charge in [0.2, 0.25) is 5.91 Å². The molecule has 3 rings (SSSR count). The third-order valence-corrected chi connectivity index (χ3v) is 3.60. The minimum Gasteiger partial charge on any atom is -0.372 e. The molecule has 0 bridgehead atoms. The van der Waals surface area contributed by atoms with E-state index in [4.69, 9.17) is 4.74 Å². The third kappa shape index (κ3) is 3.31. The largest absolute Gasteiger partial charge is 0.372 e. The van der Waals surface area contributed by atoms with Crippen LogP contribution in [0.4, 0.5) is 0 Å². The molecule has 1 aromatic carbocycles. The fourth-order valence-electron chi connectivity index (χ4n) is 2.67. The van der Waals surface area contributed by atoms with E-state index in [2.05, 4.69) is 9.97 Å². The third-order valence-electron chi connectivity index (χ3n) is 3.60. The van der Waals surface area contributed by atoms with Crippen LogP contribution in [-0.4, -0.2) is 46.1 Å². The summed E-state index contributed by atoms with van der Waals surface area (Å²) >= 11 is 0. The summed E-state index contributed by atoms with van der Waals surface area (Å²) in [5.41, 5.74) is 2.36. The zero-order chi connectivity index (χ0) is 15.5. The number of para-hydroxylation sites is 2. The fourth-order valence-corrected chi connectivity index (χ4v) is 2.67. The highest BCUT2D eigenvalue weighted by molar-refractivity contribution is 5.91. The van der Waals surface area contributed by atoms with Crippen molar-refractivity contribution in [1.82, 2.24) is 14.9 Å². The average Bonchev–Trinajstić information content (AvgIpc) is 2.51. The summed E-state index contributed by atoms with van der Waals surface area (Å²) in [5.74, 6) is -0.0167. The summed E-state index contributed by atoms with van der Waals surface area (Å²) in [4.78, 5) is 22.9. The van der Waals surface area contributed by atoms with E-state index in [1.165, 1.54) is 0 Å². The van der Waals surface area contributed by atoms with Crippen LogP contribution >= 0.6 is 0 Å². The number of hydrogen-bond acceptors (Lipinski definition) is 4. The Morgan fingerprint density at radius 2 is 1.91 bits per heavy atom. The van der Waals surface area contributed by atoms with E-state index in [1.54, 1.807) is 18.3 Å². The first-order valence-electron chi connectivity index (χ1n) is 7.46. The quantitative estimate of drug-likeness (QED) is 0.798. The van der Waals surface area contributed by atoms with Crippen LogP contribution in [0.5, 0.6) is 0 Å². The monoisotopic (exact) mass is 297 g/mol. The van der Waals surface area contributed by atoms with E-state index in [0.717, 1.165) is 11.0 Å². The van der Waals surface area contributed by atoms with Crippen LogP contribution in [0.15, 0.2) is 36.5 Å². The zero-order valence-corrected chi connectivity index (χ0v) is 12.8. The Hall–Kier alpha value is -2.27. The molecule has 0 saturated carbocycles. The van der Waals surface area contributed by atoms with Gasteiger partial charge in [0.05, 0.1) is 35.1 Å². The van der Waals surface area contributed by atoms with Crippen molar-refractivity contribution in [3.05, 3.63) is 42.2 Å². The van der Waals surface area contributed by atoms with Gasteiger partial charge < -0.3 is 9.64 Å².